The zero-order valence-corrected chi connectivity index (χ0v) is 13.6. The molecule has 1 atom stereocenters. The Morgan fingerprint density at radius 3 is 2.29 bits per heavy atom. The van der Waals surface area contributed by atoms with Gasteiger partial charge in [-0.05, 0) is 36.4 Å². The van der Waals surface area contributed by atoms with E-state index in [2.05, 4.69) is 72.7 Å². The van der Waals surface area contributed by atoms with Crippen molar-refractivity contribution in [1.29, 1.82) is 0 Å². The molecule has 2 aromatic carbocycles. The summed E-state index contributed by atoms with van der Waals surface area (Å²) in [6, 6.07) is 19.8. The summed E-state index contributed by atoms with van der Waals surface area (Å²) < 4.78 is 0. The van der Waals surface area contributed by atoms with Crippen LogP contribution in [0.25, 0.3) is 0 Å². The van der Waals surface area contributed by atoms with Crippen molar-refractivity contribution in [1.82, 2.24) is 4.90 Å². The molecule has 21 heavy (non-hydrogen) atoms. The van der Waals surface area contributed by atoms with Crippen LogP contribution in [0.4, 0.5) is 0 Å². The highest BCUT2D eigenvalue weighted by Gasteiger charge is 2.15. The number of hydrogen-bond donors (Lipinski definition) is 1. The molecule has 3 heteroatoms. The lowest BCUT2D eigenvalue weighted by atomic mass is 10.1. The Hall–Kier alpha value is -1.29. The average Bonchev–Trinajstić information content (AvgIpc) is 2.55. The van der Waals surface area contributed by atoms with Crippen molar-refractivity contribution in [3.05, 3.63) is 65.7 Å². The van der Waals surface area contributed by atoms with Gasteiger partial charge in [0.1, 0.15) is 0 Å². The number of nitrogens with zero attached hydrogens (tertiary/aromatic N) is 1. The Labute approximate surface area is 132 Å². The first-order chi connectivity index (χ1) is 10.2. The highest BCUT2D eigenvalue weighted by molar-refractivity contribution is 7.98. The summed E-state index contributed by atoms with van der Waals surface area (Å²) in [7, 11) is 0. The van der Waals surface area contributed by atoms with Gasteiger partial charge in [-0.15, -0.1) is 11.8 Å². The van der Waals surface area contributed by atoms with Gasteiger partial charge in [0, 0.05) is 30.6 Å². The van der Waals surface area contributed by atoms with Gasteiger partial charge >= 0.3 is 0 Å². The van der Waals surface area contributed by atoms with Crippen molar-refractivity contribution in [3.63, 3.8) is 0 Å². The van der Waals surface area contributed by atoms with Crippen molar-refractivity contribution in [2.24, 2.45) is 5.73 Å². The molecule has 0 heterocycles. The predicted octanol–water partition coefficient (Wildman–Crippen LogP) is 3.93. The van der Waals surface area contributed by atoms with Gasteiger partial charge in [-0.3, -0.25) is 4.90 Å². The van der Waals surface area contributed by atoms with Crippen LogP contribution in [-0.4, -0.2) is 24.2 Å². The third-order valence-electron chi connectivity index (χ3n) is 3.79. The summed E-state index contributed by atoms with van der Waals surface area (Å²) in [5.41, 5.74) is 8.48. The van der Waals surface area contributed by atoms with Gasteiger partial charge in [-0.25, -0.2) is 0 Å². The standard InChI is InChI=1S/C18H24N2S/c1-15(17-8-10-18(21-2)11-9-17)20(13-12-19)14-16-6-4-3-5-7-16/h3-11,15H,12-14,19H2,1-2H3. The fraction of sp³-hybridized carbons (Fsp3) is 0.333. The molecule has 0 amide bonds. The molecule has 0 aromatic heterocycles. The van der Waals surface area contributed by atoms with Gasteiger partial charge in [-0.2, -0.15) is 0 Å². The zero-order valence-electron chi connectivity index (χ0n) is 12.8. The SMILES string of the molecule is CSc1ccc(C(C)N(CCN)Cc2ccccc2)cc1. The number of nitrogens with two attached hydrogens (primary N) is 1. The van der Waals surface area contributed by atoms with Crippen LogP contribution in [0.1, 0.15) is 24.1 Å². The molecule has 2 aromatic rings. The topological polar surface area (TPSA) is 29.3 Å². The smallest absolute Gasteiger partial charge is 0.0323 e. The quantitative estimate of drug-likeness (QED) is 0.786. The van der Waals surface area contributed by atoms with Crippen LogP contribution in [0.5, 0.6) is 0 Å². The molecule has 1 unspecified atom stereocenters. The Kier molecular flexibility index (Phi) is 6.30. The van der Waals surface area contributed by atoms with Gasteiger partial charge in [-0.1, -0.05) is 42.5 Å². The fourth-order valence-corrected chi connectivity index (χ4v) is 2.89. The summed E-state index contributed by atoms with van der Waals surface area (Å²) in [6.45, 7) is 4.77. The molecule has 0 aliphatic rings. The summed E-state index contributed by atoms with van der Waals surface area (Å²) in [5, 5.41) is 0. The molecule has 0 bridgehead atoms. The van der Waals surface area contributed by atoms with E-state index in [4.69, 9.17) is 5.73 Å². The van der Waals surface area contributed by atoms with Gasteiger partial charge in [0.05, 0.1) is 0 Å². The minimum absolute atomic E-state index is 0.365. The second-order valence-corrected chi connectivity index (χ2v) is 6.07. The Bertz CT molecular complexity index is 525. The van der Waals surface area contributed by atoms with Crippen LogP contribution < -0.4 is 5.73 Å². The summed E-state index contributed by atoms with van der Waals surface area (Å²) in [4.78, 5) is 3.74. The minimum atomic E-state index is 0.365. The van der Waals surface area contributed by atoms with Crippen LogP contribution >= 0.6 is 11.8 Å². The highest BCUT2D eigenvalue weighted by atomic mass is 32.2. The third-order valence-corrected chi connectivity index (χ3v) is 4.53. The first kappa shape index (κ1) is 16.1. The summed E-state index contributed by atoms with van der Waals surface area (Å²) in [6.07, 6.45) is 2.11. The van der Waals surface area contributed by atoms with Crippen LogP contribution in [0, 0.1) is 0 Å². The van der Waals surface area contributed by atoms with Crippen molar-refractivity contribution >= 4 is 11.8 Å². The first-order valence-corrected chi connectivity index (χ1v) is 8.59. The van der Waals surface area contributed by atoms with E-state index in [1.54, 1.807) is 11.8 Å². The molecule has 0 saturated carbocycles. The highest BCUT2D eigenvalue weighted by Crippen LogP contribution is 2.24. The lowest BCUT2D eigenvalue weighted by Gasteiger charge is -2.29. The van der Waals surface area contributed by atoms with Crippen LogP contribution in [0.3, 0.4) is 0 Å². The van der Waals surface area contributed by atoms with Crippen molar-refractivity contribution in [2.75, 3.05) is 19.3 Å². The van der Waals surface area contributed by atoms with E-state index in [9.17, 15) is 0 Å². The third kappa shape index (κ3) is 4.60. The molecule has 2 nitrogen and oxygen atoms in total. The number of thioether (sulfide) groups is 1. The van der Waals surface area contributed by atoms with Gasteiger partial charge in [0.15, 0.2) is 0 Å². The van der Waals surface area contributed by atoms with Crippen molar-refractivity contribution in [3.8, 4) is 0 Å². The van der Waals surface area contributed by atoms with E-state index in [-0.39, 0.29) is 0 Å². The molecular weight excluding hydrogens is 276 g/mol. The van der Waals surface area contributed by atoms with E-state index in [0.29, 0.717) is 12.6 Å². The molecule has 0 aliphatic carbocycles. The Morgan fingerprint density at radius 1 is 1.05 bits per heavy atom. The van der Waals surface area contributed by atoms with E-state index in [0.717, 1.165) is 13.1 Å². The van der Waals surface area contributed by atoms with Crippen LogP contribution in [-0.2, 0) is 6.54 Å². The average molecular weight is 300 g/mol. The van der Waals surface area contributed by atoms with Crippen molar-refractivity contribution < 1.29 is 0 Å². The monoisotopic (exact) mass is 300 g/mol. The van der Waals surface area contributed by atoms with E-state index >= 15 is 0 Å². The molecule has 2 rings (SSSR count). The zero-order chi connectivity index (χ0) is 15.1. The Morgan fingerprint density at radius 2 is 1.71 bits per heavy atom. The molecule has 2 N–H and O–H groups in total. The maximum Gasteiger partial charge on any atom is 0.0323 e. The number of hydrogen-bond acceptors (Lipinski definition) is 3. The summed E-state index contributed by atoms with van der Waals surface area (Å²) >= 11 is 1.78. The lowest BCUT2D eigenvalue weighted by Crippen LogP contribution is -2.31. The van der Waals surface area contributed by atoms with Gasteiger partial charge in [0.25, 0.3) is 0 Å². The van der Waals surface area contributed by atoms with Crippen LogP contribution in [0.15, 0.2) is 59.5 Å². The predicted molar refractivity (Wildman–Crippen MR) is 92.5 cm³/mol. The number of rotatable bonds is 7. The second-order valence-electron chi connectivity index (χ2n) is 5.19. The normalized spacial score (nSPS) is 12.6. The van der Waals surface area contributed by atoms with Gasteiger partial charge in [0.2, 0.25) is 0 Å². The second kappa shape index (κ2) is 8.23. The minimum Gasteiger partial charge on any atom is -0.329 e. The Balaban J connectivity index is 2.12. The molecule has 0 radical (unpaired) electrons. The molecule has 0 fully saturated rings. The molecular formula is C18H24N2S. The fourth-order valence-electron chi connectivity index (χ4n) is 2.49. The summed E-state index contributed by atoms with van der Waals surface area (Å²) in [5.74, 6) is 0. The molecule has 112 valence electrons. The lowest BCUT2D eigenvalue weighted by molar-refractivity contribution is 0.207. The first-order valence-electron chi connectivity index (χ1n) is 7.36. The maximum absolute atomic E-state index is 5.80. The van der Waals surface area contributed by atoms with Gasteiger partial charge < -0.3 is 5.73 Å². The molecule has 0 aliphatic heterocycles. The van der Waals surface area contributed by atoms with Crippen molar-refractivity contribution in [2.45, 2.75) is 24.4 Å². The number of benzene rings is 2. The molecule has 0 saturated heterocycles. The largest absolute Gasteiger partial charge is 0.329 e. The maximum atomic E-state index is 5.80. The van der Waals surface area contributed by atoms with Crippen LogP contribution in [0.2, 0.25) is 0 Å². The van der Waals surface area contributed by atoms with E-state index < -0.39 is 0 Å². The van der Waals surface area contributed by atoms with E-state index in [1.807, 2.05) is 0 Å². The molecule has 0 spiro atoms. The van der Waals surface area contributed by atoms with E-state index in [1.165, 1.54) is 16.0 Å².